The van der Waals surface area contributed by atoms with Crippen LogP contribution in [0, 0.1) is 5.92 Å². The largest absolute Gasteiger partial charge is 0.463 e. The summed E-state index contributed by atoms with van der Waals surface area (Å²) in [4.78, 5) is 22.8. The fourth-order valence-electron chi connectivity index (χ4n) is 3.52. The maximum atomic E-state index is 12.4. The zero-order valence-electron chi connectivity index (χ0n) is 15.7. The standard InChI is InChI=1S/C19H30N4O3/c1-2-3-10-26-19-21-17(20)15-12-16(24)23(18(15)22-19)9-6-4-5-7-14-8-11-25-13-14/h14H,2-13H2,1H3,(H2,20,21,22). The highest BCUT2D eigenvalue weighted by atomic mass is 16.5. The predicted molar refractivity (Wildman–Crippen MR) is 100 cm³/mol. The summed E-state index contributed by atoms with van der Waals surface area (Å²) in [5.41, 5.74) is 6.76. The molecule has 1 fully saturated rings. The number of hydrogen-bond donors (Lipinski definition) is 1. The van der Waals surface area contributed by atoms with Crippen LogP contribution in [-0.2, 0) is 16.0 Å². The van der Waals surface area contributed by atoms with Gasteiger partial charge in [0.1, 0.15) is 11.6 Å². The number of nitrogens with zero attached hydrogens (tertiary/aromatic N) is 3. The topological polar surface area (TPSA) is 90.6 Å². The van der Waals surface area contributed by atoms with Gasteiger partial charge in [0.25, 0.3) is 0 Å². The molecule has 1 saturated heterocycles. The maximum Gasteiger partial charge on any atom is 0.320 e. The van der Waals surface area contributed by atoms with E-state index in [1.807, 2.05) is 0 Å². The van der Waals surface area contributed by atoms with Crippen molar-refractivity contribution in [3.8, 4) is 6.01 Å². The first-order valence-corrected chi connectivity index (χ1v) is 9.86. The van der Waals surface area contributed by atoms with Crippen molar-refractivity contribution in [3.63, 3.8) is 0 Å². The van der Waals surface area contributed by atoms with Gasteiger partial charge in [0.2, 0.25) is 5.91 Å². The molecule has 1 aromatic heterocycles. The number of carbonyl (C=O) groups excluding carboxylic acids is 1. The Morgan fingerprint density at radius 3 is 2.92 bits per heavy atom. The maximum absolute atomic E-state index is 12.4. The van der Waals surface area contributed by atoms with Gasteiger partial charge >= 0.3 is 6.01 Å². The van der Waals surface area contributed by atoms with Gasteiger partial charge in [-0.15, -0.1) is 0 Å². The van der Waals surface area contributed by atoms with E-state index in [1.165, 1.54) is 19.3 Å². The molecule has 1 amide bonds. The SMILES string of the molecule is CCCCOc1nc(N)c2c(n1)N(CCCCCC1CCOC1)C(=O)C2. The van der Waals surface area contributed by atoms with Crippen molar-refractivity contribution in [3.05, 3.63) is 5.56 Å². The quantitative estimate of drug-likeness (QED) is 0.644. The summed E-state index contributed by atoms with van der Waals surface area (Å²) >= 11 is 0. The molecule has 0 spiro atoms. The van der Waals surface area contributed by atoms with E-state index < -0.39 is 0 Å². The van der Waals surface area contributed by atoms with E-state index in [4.69, 9.17) is 15.2 Å². The van der Waals surface area contributed by atoms with Crippen LogP contribution in [0.2, 0.25) is 0 Å². The zero-order valence-corrected chi connectivity index (χ0v) is 15.7. The Hall–Kier alpha value is -1.89. The lowest BCUT2D eigenvalue weighted by Gasteiger charge is -2.17. The van der Waals surface area contributed by atoms with Crippen molar-refractivity contribution in [2.24, 2.45) is 5.92 Å². The summed E-state index contributed by atoms with van der Waals surface area (Å²) in [6.45, 7) is 5.16. The minimum absolute atomic E-state index is 0.0518. The van der Waals surface area contributed by atoms with Crippen LogP contribution >= 0.6 is 0 Å². The van der Waals surface area contributed by atoms with Crippen LogP contribution in [-0.4, -0.2) is 42.2 Å². The lowest BCUT2D eigenvalue weighted by Crippen LogP contribution is -2.28. The molecule has 1 unspecified atom stereocenters. The lowest BCUT2D eigenvalue weighted by molar-refractivity contribution is -0.117. The van der Waals surface area contributed by atoms with E-state index in [0.717, 1.165) is 50.4 Å². The molecule has 3 heterocycles. The molecule has 7 heteroatoms. The Labute approximate surface area is 155 Å². The number of carbonyl (C=O) groups is 1. The third-order valence-electron chi connectivity index (χ3n) is 5.13. The number of nitrogen functional groups attached to an aromatic ring is 1. The number of amides is 1. The zero-order chi connectivity index (χ0) is 18.4. The van der Waals surface area contributed by atoms with Gasteiger partial charge in [0.15, 0.2) is 0 Å². The molecule has 144 valence electrons. The molecule has 2 aliphatic heterocycles. The van der Waals surface area contributed by atoms with E-state index in [9.17, 15) is 4.79 Å². The third kappa shape index (κ3) is 4.63. The fourth-order valence-corrected chi connectivity index (χ4v) is 3.52. The molecule has 3 rings (SSSR count). The number of fused-ring (bicyclic) bond motifs is 1. The molecule has 2 aliphatic rings. The second kappa shape index (κ2) is 9.16. The van der Waals surface area contributed by atoms with Crippen LogP contribution in [0.1, 0.15) is 57.4 Å². The molecule has 0 aliphatic carbocycles. The Kier molecular flexibility index (Phi) is 6.66. The van der Waals surface area contributed by atoms with Crippen LogP contribution < -0.4 is 15.4 Å². The van der Waals surface area contributed by atoms with E-state index in [1.54, 1.807) is 4.90 Å². The van der Waals surface area contributed by atoms with Crippen LogP contribution in [0.3, 0.4) is 0 Å². The summed E-state index contributed by atoms with van der Waals surface area (Å²) in [7, 11) is 0. The smallest absolute Gasteiger partial charge is 0.320 e. The number of unbranched alkanes of at least 4 members (excludes halogenated alkanes) is 3. The van der Waals surface area contributed by atoms with Gasteiger partial charge in [-0.05, 0) is 31.6 Å². The van der Waals surface area contributed by atoms with Gasteiger partial charge in [0.05, 0.1) is 13.0 Å². The Balaban J connectivity index is 1.52. The average molecular weight is 362 g/mol. The normalized spacial score (nSPS) is 19.2. The van der Waals surface area contributed by atoms with Gasteiger partial charge in [-0.2, -0.15) is 9.97 Å². The molecular formula is C19H30N4O3. The fraction of sp³-hybridized carbons (Fsp3) is 0.737. The number of hydrogen-bond acceptors (Lipinski definition) is 6. The Bertz CT molecular complexity index is 617. The first kappa shape index (κ1) is 18.9. The van der Waals surface area contributed by atoms with E-state index in [2.05, 4.69) is 16.9 Å². The monoisotopic (exact) mass is 362 g/mol. The number of rotatable bonds is 10. The highest BCUT2D eigenvalue weighted by Gasteiger charge is 2.31. The number of anilines is 2. The Morgan fingerprint density at radius 1 is 1.27 bits per heavy atom. The van der Waals surface area contributed by atoms with Gasteiger partial charge in [-0.25, -0.2) is 0 Å². The predicted octanol–water partition coefficient (Wildman–Crippen LogP) is 2.72. The minimum Gasteiger partial charge on any atom is -0.463 e. The van der Waals surface area contributed by atoms with Crippen LogP contribution in [0.5, 0.6) is 6.01 Å². The van der Waals surface area contributed by atoms with Crippen molar-refractivity contribution in [2.45, 2.75) is 58.3 Å². The van der Waals surface area contributed by atoms with Gasteiger partial charge in [-0.3, -0.25) is 9.69 Å². The van der Waals surface area contributed by atoms with Gasteiger partial charge in [-0.1, -0.05) is 26.2 Å². The molecule has 0 bridgehead atoms. The molecule has 1 aromatic rings. The van der Waals surface area contributed by atoms with Gasteiger partial charge in [0, 0.05) is 25.3 Å². The first-order chi connectivity index (χ1) is 12.7. The van der Waals surface area contributed by atoms with Crippen LogP contribution in [0.15, 0.2) is 0 Å². The summed E-state index contributed by atoms with van der Waals surface area (Å²) < 4.78 is 11.0. The lowest BCUT2D eigenvalue weighted by atomic mass is 10.0. The van der Waals surface area contributed by atoms with Crippen molar-refractivity contribution < 1.29 is 14.3 Å². The number of ether oxygens (including phenoxy) is 2. The highest BCUT2D eigenvalue weighted by Crippen LogP contribution is 2.32. The third-order valence-corrected chi connectivity index (χ3v) is 5.13. The highest BCUT2D eigenvalue weighted by molar-refractivity contribution is 6.01. The van der Waals surface area contributed by atoms with E-state index >= 15 is 0 Å². The average Bonchev–Trinajstić information content (AvgIpc) is 3.24. The van der Waals surface area contributed by atoms with Crippen molar-refractivity contribution in [2.75, 3.05) is 37.0 Å². The molecule has 0 aromatic carbocycles. The van der Waals surface area contributed by atoms with E-state index in [-0.39, 0.29) is 18.3 Å². The molecular weight excluding hydrogens is 332 g/mol. The number of aromatic nitrogens is 2. The number of nitrogens with two attached hydrogens (primary N) is 1. The molecule has 2 N–H and O–H groups in total. The minimum atomic E-state index is 0.0518. The van der Waals surface area contributed by atoms with Crippen molar-refractivity contribution in [1.29, 1.82) is 0 Å². The van der Waals surface area contributed by atoms with Crippen molar-refractivity contribution >= 4 is 17.5 Å². The molecule has 7 nitrogen and oxygen atoms in total. The molecule has 1 atom stereocenters. The van der Waals surface area contributed by atoms with Gasteiger partial charge < -0.3 is 15.2 Å². The van der Waals surface area contributed by atoms with Crippen molar-refractivity contribution in [1.82, 2.24) is 9.97 Å². The summed E-state index contributed by atoms with van der Waals surface area (Å²) in [6, 6.07) is 0.274. The summed E-state index contributed by atoms with van der Waals surface area (Å²) in [6.07, 6.45) is 7.93. The second-order valence-corrected chi connectivity index (χ2v) is 7.20. The summed E-state index contributed by atoms with van der Waals surface area (Å²) in [5, 5.41) is 0. The molecule has 26 heavy (non-hydrogen) atoms. The summed E-state index contributed by atoms with van der Waals surface area (Å²) in [5.74, 6) is 1.77. The molecule has 0 radical (unpaired) electrons. The Morgan fingerprint density at radius 2 is 2.15 bits per heavy atom. The molecule has 0 saturated carbocycles. The van der Waals surface area contributed by atoms with E-state index in [0.29, 0.717) is 24.8 Å². The van der Waals surface area contributed by atoms with Crippen LogP contribution in [0.4, 0.5) is 11.6 Å². The first-order valence-electron chi connectivity index (χ1n) is 9.86. The van der Waals surface area contributed by atoms with Crippen LogP contribution in [0.25, 0.3) is 0 Å². The second-order valence-electron chi connectivity index (χ2n) is 7.20.